The second-order valence-electron chi connectivity index (χ2n) is 3.46. The predicted molar refractivity (Wildman–Crippen MR) is 62.4 cm³/mol. The number of nitrogens with zero attached hydrogens (tertiary/aromatic N) is 1. The molecule has 16 heavy (non-hydrogen) atoms. The fourth-order valence-corrected chi connectivity index (χ4v) is 1.28. The summed E-state index contributed by atoms with van der Waals surface area (Å²) in [6, 6.07) is 1.47. The first-order valence-corrected chi connectivity index (χ1v) is 5.26. The van der Waals surface area contributed by atoms with Gasteiger partial charge in [0.2, 0.25) is 5.43 Å². The summed E-state index contributed by atoms with van der Waals surface area (Å²) < 4.78 is 12.1. The molecule has 1 heterocycles. The molecule has 0 aliphatic rings. The number of ether oxygens (including phenoxy) is 2. The van der Waals surface area contributed by atoms with Crippen LogP contribution in [0.4, 0.5) is 5.69 Å². The molecule has 0 atom stereocenters. The lowest BCUT2D eigenvalue weighted by molar-refractivity contribution is 0.0680. The van der Waals surface area contributed by atoms with Crippen LogP contribution in [0.3, 0.4) is 0 Å². The molecule has 90 valence electrons. The Hall–Kier alpha value is -1.33. The van der Waals surface area contributed by atoms with Crippen LogP contribution in [0.2, 0.25) is 0 Å². The molecule has 5 heteroatoms. The van der Waals surface area contributed by atoms with Crippen molar-refractivity contribution in [3.63, 3.8) is 0 Å². The van der Waals surface area contributed by atoms with Crippen LogP contribution in [0.15, 0.2) is 23.3 Å². The van der Waals surface area contributed by atoms with Crippen molar-refractivity contribution in [3.05, 3.63) is 28.7 Å². The van der Waals surface area contributed by atoms with Gasteiger partial charge in [0.05, 0.1) is 18.9 Å². The molecule has 1 rings (SSSR count). The van der Waals surface area contributed by atoms with E-state index >= 15 is 0 Å². The Morgan fingerprint density at radius 3 is 2.88 bits per heavy atom. The zero-order chi connectivity index (χ0) is 11.8. The van der Waals surface area contributed by atoms with Gasteiger partial charge in [-0.05, 0) is 6.42 Å². The minimum absolute atomic E-state index is 0.132. The molecule has 1 aromatic heterocycles. The van der Waals surface area contributed by atoms with Gasteiger partial charge in [-0.15, -0.1) is 0 Å². The van der Waals surface area contributed by atoms with Crippen molar-refractivity contribution in [1.82, 2.24) is 4.57 Å². The molecule has 5 nitrogen and oxygen atoms in total. The van der Waals surface area contributed by atoms with Crippen LogP contribution < -0.4 is 11.2 Å². The van der Waals surface area contributed by atoms with Gasteiger partial charge in [0.25, 0.3) is 0 Å². The quantitative estimate of drug-likeness (QED) is 0.687. The molecule has 0 fully saturated rings. The Bertz CT molecular complexity index is 362. The smallest absolute Gasteiger partial charge is 0.204 e. The normalized spacial score (nSPS) is 10.6. The standard InChI is InChI=1S/C11H18N2O3/c1-15-7-8-16-6-2-4-13-5-3-11(14)10(12)9-13/h3,5,9H,2,4,6-8,12H2,1H3. The highest BCUT2D eigenvalue weighted by molar-refractivity contribution is 5.33. The van der Waals surface area contributed by atoms with E-state index in [1.165, 1.54) is 6.07 Å². The zero-order valence-electron chi connectivity index (χ0n) is 9.52. The summed E-state index contributed by atoms with van der Waals surface area (Å²) in [6.45, 7) is 2.70. The van der Waals surface area contributed by atoms with Crippen molar-refractivity contribution >= 4 is 5.69 Å². The van der Waals surface area contributed by atoms with Gasteiger partial charge >= 0.3 is 0 Å². The van der Waals surface area contributed by atoms with Gasteiger partial charge in [0.15, 0.2) is 0 Å². The average molecular weight is 226 g/mol. The maximum Gasteiger partial charge on any atom is 0.204 e. The molecule has 0 aliphatic heterocycles. The van der Waals surface area contributed by atoms with E-state index in [4.69, 9.17) is 15.2 Å². The SMILES string of the molecule is COCCOCCCn1ccc(=O)c(N)c1. The molecule has 0 saturated carbocycles. The highest BCUT2D eigenvalue weighted by Crippen LogP contribution is 1.96. The van der Waals surface area contributed by atoms with Crippen LogP contribution in [0.25, 0.3) is 0 Å². The molecular weight excluding hydrogens is 208 g/mol. The van der Waals surface area contributed by atoms with E-state index < -0.39 is 0 Å². The van der Waals surface area contributed by atoms with Crippen molar-refractivity contribution in [2.45, 2.75) is 13.0 Å². The summed E-state index contributed by atoms with van der Waals surface area (Å²) in [7, 11) is 1.65. The largest absolute Gasteiger partial charge is 0.394 e. The van der Waals surface area contributed by atoms with Crippen LogP contribution in [0, 0.1) is 0 Å². The van der Waals surface area contributed by atoms with E-state index in [0.29, 0.717) is 19.8 Å². The van der Waals surface area contributed by atoms with Gasteiger partial charge in [-0.1, -0.05) is 0 Å². The Morgan fingerprint density at radius 2 is 2.19 bits per heavy atom. The van der Waals surface area contributed by atoms with Crippen molar-refractivity contribution in [2.24, 2.45) is 0 Å². The number of hydrogen-bond donors (Lipinski definition) is 1. The number of aryl methyl sites for hydroxylation is 1. The molecule has 0 amide bonds. The van der Waals surface area contributed by atoms with Crippen molar-refractivity contribution in [1.29, 1.82) is 0 Å². The molecule has 0 spiro atoms. The van der Waals surface area contributed by atoms with Gasteiger partial charge in [-0.2, -0.15) is 0 Å². The molecule has 0 radical (unpaired) electrons. The van der Waals surface area contributed by atoms with Gasteiger partial charge in [0.1, 0.15) is 0 Å². The van der Waals surface area contributed by atoms with E-state index in [1.807, 2.05) is 4.57 Å². The van der Waals surface area contributed by atoms with Crippen LogP contribution in [-0.4, -0.2) is 31.5 Å². The molecule has 1 aromatic rings. The maximum atomic E-state index is 11.0. The van der Waals surface area contributed by atoms with E-state index in [9.17, 15) is 4.79 Å². The summed E-state index contributed by atoms with van der Waals surface area (Å²) in [6.07, 6.45) is 4.26. The van der Waals surface area contributed by atoms with Crippen molar-refractivity contribution < 1.29 is 9.47 Å². The molecule has 0 aliphatic carbocycles. The number of rotatable bonds is 7. The molecule has 0 aromatic carbocycles. The maximum absolute atomic E-state index is 11.0. The lowest BCUT2D eigenvalue weighted by Gasteiger charge is -2.07. The topological polar surface area (TPSA) is 66.5 Å². The van der Waals surface area contributed by atoms with E-state index in [0.717, 1.165) is 13.0 Å². The summed E-state index contributed by atoms with van der Waals surface area (Å²) in [5.41, 5.74) is 5.66. The Kier molecular flexibility index (Phi) is 5.60. The number of nitrogens with two attached hydrogens (primary N) is 1. The third-order valence-electron chi connectivity index (χ3n) is 2.14. The van der Waals surface area contributed by atoms with Crippen molar-refractivity contribution in [3.8, 4) is 0 Å². The zero-order valence-corrected chi connectivity index (χ0v) is 9.52. The second-order valence-corrected chi connectivity index (χ2v) is 3.46. The second kappa shape index (κ2) is 7.03. The minimum atomic E-state index is -0.132. The first-order chi connectivity index (χ1) is 7.74. The number of methoxy groups -OCH3 is 1. The van der Waals surface area contributed by atoms with E-state index in [-0.39, 0.29) is 11.1 Å². The third-order valence-corrected chi connectivity index (χ3v) is 2.14. The number of pyridine rings is 1. The third kappa shape index (κ3) is 4.46. The van der Waals surface area contributed by atoms with E-state index in [2.05, 4.69) is 0 Å². The van der Waals surface area contributed by atoms with Gasteiger partial charge in [0, 0.05) is 38.7 Å². The predicted octanol–water partition coefficient (Wildman–Crippen LogP) is 0.484. The molecule has 0 saturated heterocycles. The molecular formula is C11H18N2O3. The van der Waals surface area contributed by atoms with Crippen LogP contribution in [-0.2, 0) is 16.0 Å². The lowest BCUT2D eigenvalue weighted by Crippen LogP contribution is -2.12. The summed E-state index contributed by atoms with van der Waals surface area (Å²) in [5.74, 6) is 0. The van der Waals surface area contributed by atoms with Crippen LogP contribution in [0.1, 0.15) is 6.42 Å². The number of aromatic nitrogens is 1. The summed E-state index contributed by atoms with van der Waals surface area (Å²) in [5, 5.41) is 0. The summed E-state index contributed by atoms with van der Waals surface area (Å²) in [4.78, 5) is 11.0. The minimum Gasteiger partial charge on any atom is -0.394 e. The number of hydrogen-bond acceptors (Lipinski definition) is 4. The first-order valence-electron chi connectivity index (χ1n) is 5.26. The van der Waals surface area contributed by atoms with Crippen LogP contribution >= 0.6 is 0 Å². The monoisotopic (exact) mass is 226 g/mol. The number of nitrogen functional groups attached to an aromatic ring is 1. The molecule has 0 unspecified atom stereocenters. The molecule has 0 bridgehead atoms. The van der Waals surface area contributed by atoms with E-state index in [1.54, 1.807) is 19.5 Å². The fraction of sp³-hybridized carbons (Fsp3) is 0.545. The highest BCUT2D eigenvalue weighted by Gasteiger charge is 1.95. The Balaban J connectivity index is 2.22. The fourth-order valence-electron chi connectivity index (χ4n) is 1.28. The van der Waals surface area contributed by atoms with Gasteiger partial charge in [-0.25, -0.2) is 0 Å². The van der Waals surface area contributed by atoms with Crippen LogP contribution in [0.5, 0.6) is 0 Å². The number of anilines is 1. The summed E-state index contributed by atoms with van der Waals surface area (Å²) >= 11 is 0. The van der Waals surface area contributed by atoms with Gasteiger partial charge in [-0.3, -0.25) is 4.79 Å². The molecule has 2 N–H and O–H groups in total. The first kappa shape index (κ1) is 12.7. The Morgan fingerprint density at radius 1 is 1.38 bits per heavy atom. The lowest BCUT2D eigenvalue weighted by atomic mass is 10.4. The highest BCUT2D eigenvalue weighted by atomic mass is 16.5. The average Bonchev–Trinajstić information content (AvgIpc) is 2.28. The Labute approximate surface area is 94.8 Å². The van der Waals surface area contributed by atoms with Crippen molar-refractivity contribution in [2.75, 3.05) is 32.7 Å². The van der Waals surface area contributed by atoms with Gasteiger partial charge < -0.3 is 19.8 Å².